The van der Waals surface area contributed by atoms with Crippen molar-refractivity contribution in [3.8, 4) is 23.0 Å². The first kappa shape index (κ1) is 26.2. The number of alkyl halides is 3. The number of carbonyl (C=O) groups is 1. The zero-order chi connectivity index (χ0) is 26.9. The molecule has 1 atom stereocenters. The number of carboxylic acids is 1. The van der Waals surface area contributed by atoms with Crippen LogP contribution in [0.25, 0.3) is 10.9 Å². The van der Waals surface area contributed by atoms with E-state index in [2.05, 4.69) is 0 Å². The molecule has 0 unspecified atom stereocenters. The zero-order valence-corrected chi connectivity index (χ0v) is 20.9. The van der Waals surface area contributed by atoms with Crippen molar-refractivity contribution in [2.24, 2.45) is 0 Å². The fraction of sp³-hybridized carbons (Fsp3) is 0.222. The summed E-state index contributed by atoms with van der Waals surface area (Å²) >= 11 is 6.18. The molecule has 6 nitrogen and oxygen atoms in total. The fourth-order valence-corrected chi connectivity index (χ4v) is 4.04. The van der Waals surface area contributed by atoms with Gasteiger partial charge < -0.3 is 23.9 Å². The molecule has 1 aromatic heterocycles. The monoisotopic (exact) mass is 533 g/mol. The van der Waals surface area contributed by atoms with Gasteiger partial charge >= 0.3 is 12.1 Å². The lowest BCUT2D eigenvalue weighted by Crippen LogP contribution is -2.23. The molecule has 1 N–H and O–H groups in total. The number of methoxy groups -OCH3 is 1. The van der Waals surface area contributed by atoms with Crippen molar-refractivity contribution in [1.82, 2.24) is 4.57 Å². The Morgan fingerprint density at radius 3 is 2.35 bits per heavy atom. The van der Waals surface area contributed by atoms with E-state index in [9.17, 15) is 18.0 Å². The Labute approximate surface area is 215 Å². The van der Waals surface area contributed by atoms with Crippen molar-refractivity contribution in [3.05, 3.63) is 82.5 Å². The van der Waals surface area contributed by atoms with E-state index in [1.165, 1.54) is 13.0 Å². The molecule has 0 radical (unpaired) electrons. The molecule has 0 aliphatic heterocycles. The predicted molar refractivity (Wildman–Crippen MR) is 133 cm³/mol. The van der Waals surface area contributed by atoms with E-state index in [1.54, 1.807) is 61.1 Å². The van der Waals surface area contributed by atoms with Crippen LogP contribution in [0.4, 0.5) is 13.2 Å². The first-order valence-corrected chi connectivity index (χ1v) is 11.6. The third-order valence-electron chi connectivity index (χ3n) is 5.86. The summed E-state index contributed by atoms with van der Waals surface area (Å²) in [5.74, 6) is 0.549. The van der Waals surface area contributed by atoms with Crippen molar-refractivity contribution in [2.45, 2.75) is 32.7 Å². The number of ether oxygens (including phenoxy) is 3. The van der Waals surface area contributed by atoms with Gasteiger partial charge in [0.15, 0.2) is 11.9 Å². The maximum Gasteiger partial charge on any atom is 0.416 e. The molecule has 0 fully saturated rings. The molecule has 4 aromatic rings. The molecule has 0 saturated carbocycles. The highest BCUT2D eigenvalue weighted by Gasteiger charge is 2.31. The van der Waals surface area contributed by atoms with Gasteiger partial charge in [0.1, 0.15) is 17.2 Å². The number of hydrogen-bond acceptors (Lipinski definition) is 4. The molecule has 4 rings (SSSR count). The average molecular weight is 534 g/mol. The largest absolute Gasteiger partial charge is 0.497 e. The summed E-state index contributed by atoms with van der Waals surface area (Å²) in [5.41, 5.74) is 0.782. The number of aromatic nitrogens is 1. The third kappa shape index (κ3) is 5.61. The molecule has 0 aliphatic carbocycles. The lowest BCUT2D eigenvalue weighted by Gasteiger charge is -2.15. The fourth-order valence-electron chi connectivity index (χ4n) is 3.88. The van der Waals surface area contributed by atoms with Crippen molar-refractivity contribution in [2.75, 3.05) is 7.11 Å². The van der Waals surface area contributed by atoms with E-state index in [-0.39, 0.29) is 17.3 Å². The Bertz CT molecular complexity index is 1450. The maximum absolute atomic E-state index is 13.6. The van der Waals surface area contributed by atoms with E-state index < -0.39 is 23.8 Å². The first-order chi connectivity index (χ1) is 17.5. The van der Waals surface area contributed by atoms with Gasteiger partial charge in [-0.25, -0.2) is 4.79 Å². The van der Waals surface area contributed by atoms with E-state index in [0.717, 1.165) is 12.1 Å². The number of aliphatic carboxylic acids is 1. The quantitative estimate of drug-likeness (QED) is 0.257. The normalized spacial score (nSPS) is 12.4. The minimum absolute atomic E-state index is 0.157. The summed E-state index contributed by atoms with van der Waals surface area (Å²) in [5, 5.41) is 9.88. The van der Waals surface area contributed by atoms with Gasteiger partial charge in [0.2, 0.25) is 0 Å². The highest BCUT2D eigenvalue weighted by Crippen LogP contribution is 2.40. The minimum Gasteiger partial charge on any atom is -0.497 e. The highest BCUT2D eigenvalue weighted by atomic mass is 35.5. The molecule has 194 valence electrons. The van der Waals surface area contributed by atoms with Gasteiger partial charge in [-0.05, 0) is 74.0 Å². The summed E-state index contributed by atoms with van der Waals surface area (Å²) in [6.45, 7) is 3.28. The Hall–Kier alpha value is -3.85. The van der Waals surface area contributed by atoms with Gasteiger partial charge in [0.05, 0.1) is 28.9 Å². The molecule has 37 heavy (non-hydrogen) atoms. The summed E-state index contributed by atoms with van der Waals surface area (Å²) in [7, 11) is 1.54. The zero-order valence-electron chi connectivity index (χ0n) is 20.1. The Balaban J connectivity index is 1.79. The van der Waals surface area contributed by atoms with Gasteiger partial charge in [0.25, 0.3) is 0 Å². The van der Waals surface area contributed by atoms with Gasteiger partial charge in [-0.2, -0.15) is 13.2 Å². The van der Waals surface area contributed by atoms with Crippen LogP contribution >= 0.6 is 11.6 Å². The molecule has 1 heterocycles. The SMILES string of the molecule is COc1ccc(Oc2c(C)n(Cc3ccc(Cl)c(O[C@@H](C)C(=O)O)c3)c3cc(C(F)(F)F)ccc23)cc1. The van der Waals surface area contributed by atoms with Gasteiger partial charge in [-0.1, -0.05) is 17.7 Å². The molecule has 0 amide bonds. The topological polar surface area (TPSA) is 69.9 Å². The lowest BCUT2D eigenvalue weighted by atomic mass is 10.1. The van der Waals surface area contributed by atoms with E-state index in [0.29, 0.717) is 39.4 Å². The molecule has 0 saturated heterocycles. The number of halogens is 4. The standard InChI is InChI=1S/C27H23ClF3NO5/c1-15-25(37-20-8-6-19(35-3)7-9-20)21-10-5-18(27(29,30)31)13-23(21)32(15)14-17-4-11-22(28)24(12-17)36-16(2)26(33)34/h4-13,16H,14H2,1-3H3,(H,33,34)/t16-/m0/s1. The third-order valence-corrected chi connectivity index (χ3v) is 6.17. The van der Waals surface area contributed by atoms with Crippen LogP contribution in [-0.4, -0.2) is 28.9 Å². The number of fused-ring (bicyclic) bond motifs is 1. The van der Waals surface area contributed by atoms with E-state index >= 15 is 0 Å². The van der Waals surface area contributed by atoms with Crippen molar-refractivity contribution < 1.29 is 37.3 Å². The van der Waals surface area contributed by atoms with Crippen LogP contribution in [-0.2, 0) is 17.5 Å². The van der Waals surface area contributed by atoms with Crippen LogP contribution in [0.2, 0.25) is 5.02 Å². The van der Waals surface area contributed by atoms with Crippen LogP contribution < -0.4 is 14.2 Å². The number of rotatable bonds is 8. The van der Waals surface area contributed by atoms with Crippen LogP contribution in [0.5, 0.6) is 23.0 Å². The molecule has 0 aliphatic rings. The Morgan fingerprint density at radius 1 is 1.05 bits per heavy atom. The minimum atomic E-state index is -4.53. The second-order valence-corrected chi connectivity index (χ2v) is 8.78. The average Bonchev–Trinajstić information content (AvgIpc) is 3.11. The molecule has 0 spiro atoms. The molecule has 0 bridgehead atoms. The predicted octanol–water partition coefficient (Wildman–Crippen LogP) is 7.32. The van der Waals surface area contributed by atoms with Crippen LogP contribution in [0.3, 0.4) is 0 Å². The number of benzene rings is 3. The van der Waals surface area contributed by atoms with Crippen LogP contribution in [0.1, 0.15) is 23.7 Å². The molecular formula is C27H23ClF3NO5. The van der Waals surface area contributed by atoms with Gasteiger partial charge in [-0.3, -0.25) is 0 Å². The maximum atomic E-state index is 13.6. The summed E-state index contributed by atoms with van der Waals surface area (Å²) in [6, 6.07) is 15.2. The smallest absolute Gasteiger partial charge is 0.416 e. The first-order valence-electron chi connectivity index (χ1n) is 11.2. The Morgan fingerprint density at radius 2 is 1.73 bits per heavy atom. The molecular weight excluding hydrogens is 511 g/mol. The highest BCUT2D eigenvalue weighted by molar-refractivity contribution is 6.32. The summed E-state index contributed by atoms with van der Waals surface area (Å²) in [6.07, 6.45) is -5.66. The summed E-state index contributed by atoms with van der Waals surface area (Å²) < 4.78 is 59.1. The number of nitrogens with zero attached hydrogens (tertiary/aromatic N) is 1. The lowest BCUT2D eigenvalue weighted by molar-refractivity contribution is -0.144. The number of hydrogen-bond donors (Lipinski definition) is 1. The summed E-state index contributed by atoms with van der Waals surface area (Å²) in [4.78, 5) is 11.2. The molecule has 3 aromatic carbocycles. The van der Waals surface area contributed by atoms with Crippen molar-refractivity contribution >= 4 is 28.5 Å². The van der Waals surface area contributed by atoms with E-state index in [4.69, 9.17) is 30.9 Å². The van der Waals surface area contributed by atoms with E-state index in [1.807, 2.05) is 0 Å². The number of carboxylic acid groups (broad SMARTS) is 1. The van der Waals surface area contributed by atoms with Crippen molar-refractivity contribution in [1.29, 1.82) is 0 Å². The van der Waals surface area contributed by atoms with Gasteiger partial charge in [0, 0.05) is 11.9 Å². The Kier molecular flexibility index (Phi) is 7.27. The molecule has 10 heteroatoms. The van der Waals surface area contributed by atoms with Gasteiger partial charge in [-0.15, -0.1) is 0 Å². The van der Waals surface area contributed by atoms with Crippen molar-refractivity contribution in [3.63, 3.8) is 0 Å². The second kappa shape index (κ2) is 10.3. The second-order valence-electron chi connectivity index (χ2n) is 8.37. The van der Waals surface area contributed by atoms with Crippen LogP contribution in [0.15, 0.2) is 60.7 Å². The van der Waals surface area contributed by atoms with Crippen LogP contribution in [0, 0.1) is 6.92 Å².